The molecule has 2 N–H and O–H groups in total. The number of benzene rings is 2. The Morgan fingerprint density at radius 2 is 1.65 bits per heavy atom. The first-order chi connectivity index (χ1) is 9.47. The average molecular weight is 311 g/mol. The molecule has 0 saturated heterocycles. The largest absolute Gasteiger partial charge is 0.508 e. The maximum Gasteiger partial charge on any atom is 0.276 e. The van der Waals surface area contributed by atoms with Gasteiger partial charge in [-0.1, -0.05) is 11.6 Å². The Balaban J connectivity index is 2.09. The van der Waals surface area contributed by atoms with E-state index in [1.807, 2.05) is 0 Å². The Labute approximate surface area is 121 Å². The predicted molar refractivity (Wildman–Crippen MR) is 77.5 cm³/mol. The van der Waals surface area contributed by atoms with Crippen LogP contribution in [0.1, 0.15) is 5.56 Å². The topological polar surface area (TPSA) is 78.8 Å². The van der Waals surface area contributed by atoms with Crippen LogP contribution in [0.5, 0.6) is 5.75 Å². The summed E-state index contributed by atoms with van der Waals surface area (Å²) < 4.78 is 23.8. The molecule has 5 nitrogen and oxygen atoms in total. The average Bonchev–Trinajstić information content (AvgIpc) is 2.41. The predicted octanol–water partition coefficient (Wildman–Crippen LogP) is 2.36. The van der Waals surface area contributed by atoms with Gasteiger partial charge in [0.15, 0.2) is 0 Å². The normalized spacial score (nSPS) is 11.7. The minimum atomic E-state index is -3.71. The number of aromatic hydroxyl groups is 1. The molecule has 20 heavy (non-hydrogen) atoms. The van der Waals surface area contributed by atoms with Gasteiger partial charge in [0.1, 0.15) is 5.75 Å². The molecule has 104 valence electrons. The number of sulfonamides is 1. The Kier molecular flexibility index (Phi) is 4.26. The first-order valence-electron chi connectivity index (χ1n) is 5.57. The first-order valence-corrected chi connectivity index (χ1v) is 7.43. The molecule has 0 amide bonds. The summed E-state index contributed by atoms with van der Waals surface area (Å²) in [4.78, 5) is 2.17. The molecule has 0 bridgehead atoms. The van der Waals surface area contributed by atoms with Gasteiger partial charge in [-0.2, -0.15) is 13.5 Å². The SMILES string of the molecule is O=S(=O)(NN=Cc1ccc(O)cc1)c1ccc(Cl)cc1. The fourth-order valence-corrected chi connectivity index (χ4v) is 2.31. The molecule has 0 aliphatic rings. The highest BCUT2D eigenvalue weighted by atomic mass is 35.5. The third-order valence-electron chi connectivity index (χ3n) is 2.40. The van der Waals surface area contributed by atoms with E-state index in [1.165, 1.54) is 42.6 Å². The van der Waals surface area contributed by atoms with E-state index in [-0.39, 0.29) is 10.6 Å². The summed E-state index contributed by atoms with van der Waals surface area (Å²) >= 11 is 5.69. The zero-order valence-electron chi connectivity index (χ0n) is 10.2. The number of nitrogens with zero attached hydrogens (tertiary/aromatic N) is 1. The van der Waals surface area contributed by atoms with Crippen molar-refractivity contribution in [2.45, 2.75) is 4.90 Å². The molecular weight excluding hydrogens is 300 g/mol. The zero-order valence-corrected chi connectivity index (χ0v) is 11.8. The van der Waals surface area contributed by atoms with Crippen molar-refractivity contribution in [2.24, 2.45) is 5.10 Å². The van der Waals surface area contributed by atoms with Crippen molar-refractivity contribution < 1.29 is 13.5 Å². The second kappa shape index (κ2) is 5.94. The standard InChI is InChI=1S/C13H11ClN2O3S/c14-11-3-7-13(8-4-11)20(18,19)16-15-9-10-1-5-12(17)6-2-10/h1-9,16-17H. The van der Waals surface area contributed by atoms with E-state index in [1.54, 1.807) is 12.1 Å². The van der Waals surface area contributed by atoms with Crippen LogP contribution in [0.3, 0.4) is 0 Å². The number of hydrogen-bond acceptors (Lipinski definition) is 4. The van der Waals surface area contributed by atoms with E-state index in [9.17, 15) is 8.42 Å². The van der Waals surface area contributed by atoms with Crippen LogP contribution < -0.4 is 4.83 Å². The number of hydrogen-bond donors (Lipinski definition) is 2. The van der Waals surface area contributed by atoms with Crippen LogP contribution in [0.25, 0.3) is 0 Å². The monoisotopic (exact) mass is 310 g/mol. The van der Waals surface area contributed by atoms with Gasteiger partial charge in [-0.3, -0.25) is 0 Å². The molecule has 0 heterocycles. The molecule has 0 radical (unpaired) electrons. The smallest absolute Gasteiger partial charge is 0.276 e. The van der Waals surface area contributed by atoms with Gasteiger partial charge in [-0.05, 0) is 54.1 Å². The third kappa shape index (κ3) is 3.72. The van der Waals surface area contributed by atoms with E-state index in [2.05, 4.69) is 9.93 Å². The Bertz CT molecular complexity index is 710. The van der Waals surface area contributed by atoms with Crippen LogP contribution in [-0.4, -0.2) is 19.7 Å². The number of phenols is 1. The molecule has 2 aromatic carbocycles. The molecule has 0 aliphatic carbocycles. The molecule has 2 aromatic rings. The highest BCUT2D eigenvalue weighted by Crippen LogP contribution is 2.13. The van der Waals surface area contributed by atoms with Crippen LogP contribution in [0.2, 0.25) is 5.02 Å². The lowest BCUT2D eigenvalue weighted by Gasteiger charge is -2.03. The molecular formula is C13H11ClN2O3S. The van der Waals surface area contributed by atoms with Gasteiger partial charge in [0.2, 0.25) is 0 Å². The Morgan fingerprint density at radius 3 is 2.25 bits per heavy atom. The minimum absolute atomic E-state index is 0.0738. The van der Waals surface area contributed by atoms with Gasteiger partial charge in [0.05, 0.1) is 11.1 Å². The zero-order chi connectivity index (χ0) is 14.6. The maximum absolute atomic E-state index is 11.9. The highest BCUT2D eigenvalue weighted by Gasteiger charge is 2.11. The molecule has 2 rings (SSSR count). The van der Waals surface area contributed by atoms with E-state index in [0.717, 1.165) is 0 Å². The molecule has 7 heteroatoms. The summed E-state index contributed by atoms with van der Waals surface area (Å²) in [6.07, 6.45) is 1.34. The molecule has 0 aromatic heterocycles. The minimum Gasteiger partial charge on any atom is -0.508 e. The Hall–Kier alpha value is -2.05. The summed E-state index contributed by atoms with van der Waals surface area (Å²) in [6, 6.07) is 11.9. The third-order valence-corrected chi connectivity index (χ3v) is 3.89. The van der Waals surface area contributed by atoms with Crippen molar-refractivity contribution in [1.29, 1.82) is 0 Å². The lowest BCUT2D eigenvalue weighted by molar-refractivity contribution is 0.475. The number of nitrogens with one attached hydrogen (secondary N) is 1. The summed E-state index contributed by atoms with van der Waals surface area (Å²) in [7, 11) is -3.71. The maximum atomic E-state index is 11.9. The lowest BCUT2D eigenvalue weighted by Crippen LogP contribution is -2.18. The number of hydrazone groups is 1. The van der Waals surface area contributed by atoms with Crippen LogP contribution in [0.4, 0.5) is 0 Å². The fourth-order valence-electron chi connectivity index (χ4n) is 1.40. The van der Waals surface area contributed by atoms with E-state index in [4.69, 9.17) is 16.7 Å². The molecule has 0 fully saturated rings. The summed E-state index contributed by atoms with van der Waals surface area (Å²) in [5.41, 5.74) is 0.654. The molecule has 0 saturated carbocycles. The molecule has 0 atom stereocenters. The number of rotatable bonds is 4. The second-order valence-corrected chi connectivity index (χ2v) is 6.00. The van der Waals surface area contributed by atoms with Crippen LogP contribution in [0, 0.1) is 0 Å². The summed E-state index contributed by atoms with van der Waals surface area (Å²) in [6.45, 7) is 0. The number of halogens is 1. The fraction of sp³-hybridized carbons (Fsp3) is 0. The van der Waals surface area contributed by atoms with Crippen molar-refractivity contribution in [3.05, 3.63) is 59.1 Å². The summed E-state index contributed by atoms with van der Waals surface area (Å²) in [5.74, 6) is 0.129. The van der Waals surface area contributed by atoms with Crippen LogP contribution in [0.15, 0.2) is 58.5 Å². The van der Waals surface area contributed by atoms with Gasteiger partial charge in [-0.25, -0.2) is 4.83 Å². The van der Waals surface area contributed by atoms with Gasteiger partial charge >= 0.3 is 0 Å². The van der Waals surface area contributed by atoms with Gasteiger partial charge in [-0.15, -0.1) is 0 Å². The first kappa shape index (κ1) is 14.4. The van der Waals surface area contributed by atoms with Crippen molar-refractivity contribution >= 4 is 27.8 Å². The quantitative estimate of drug-likeness (QED) is 0.672. The van der Waals surface area contributed by atoms with E-state index >= 15 is 0 Å². The molecule has 0 aliphatic heterocycles. The lowest BCUT2D eigenvalue weighted by atomic mass is 10.2. The van der Waals surface area contributed by atoms with Crippen LogP contribution >= 0.6 is 11.6 Å². The van der Waals surface area contributed by atoms with Gasteiger partial charge < -0.3 is 5.11 Å². The van der Waals surface area contributed by atoms with Crippen LogP contribution in [-0.2, 0) is 10.0 Å². The Morgan fingerprint density at radius 1 is 1.05 bits per heavy atom. The number of phenolic OH excluding ortho intramolecular Hbond substituents is 1. The van der Waals surface area contributed by atoms with Crippen molar-refractivity contribution in [3.8, 4) is 5.75 Å². The van der Waals surface area contributed by atoms with Crippen molar-refractivity contribution in [2.75, 3.05) is 0 Å². The van der Waals surface area contributed by atoms with Gasteiger partial charge in [0, 0.05) is 5.02 Å². The summed E-state index contributed by atoms with van der Waals surface area (Å²) in [5, 5.41) is 13.2. The van der Waals surface area contributed by atoms with E-state index in [0.29, 0.717) is 10.6 Å². The van der Waals surface area contributed by atoms with Crippen molar-refractivity contribution in [3.63, 3.8) is 0 Å². The van der Waals surface area contributed by atoms with Crippen molar-refractivity contribution in [1.82, 2.24) is 4.83 Å². The highest BCUT2D eigenvalue weighted by molar-refractivity contribution is 7.89. The van der Waals surface area contributed by atoms with E-state index < -0.39 is 10.0 Å². The molecule has 0 unspecified atom stereocenters. The molecule has 0 spiro atoms. The second-order valence-electron chi connectivity index (χ2n) is 3.90. The van der Waals surface area contributed by atoms with Gasteiger partial charge in [0.25, 0.3) is 10.0 Å².